The molecule has 0 atom stereocenters. The second-order valence-corrected chi connectivity index (χ2v) is 2.80. The normalized spacial score (nSPS) is 14.5. The molecule has 0 saturated carbocycles. The van der Waals surface area contributed by atoms with E-state index in [-0.39, 0.29) is 0 Å². The van der Waals surface area contributed by atoms with E-state index in [9.17, 15) is 0 Å². The van der Waals surface area contributed by atoms with Gasteiger partial charge in [-0.25, -0.2) is 0 Å². The van der Waals surface area contributed by atoms with Gasteiger partial charge in [-0.05, 0) is 19.1 Å². The zero-order valence-electron chi connectivity index (χ0n) is 7.60. The van der Waals surface area contributed by atoms with E-state index in [0.29, 0.717) is 0 Å². The molecule has 0 amide bonds. The minimum absolute atomic E-state index is 0.789. The molecule has 0 aromatic carbocycles. The fourth-order valence-corrected chi connectivity index (χ4v) is 1.24. The number of hydrogen-bond donors (Lipinski definition) is 0. The van der Waals surface area contributed by atoms with Crippen molar-refractivity contribution in [3.05, 3.63) is 23.7 Å². The third-order valence-corrected chi connectivity index (χ3v) is 1.93. The summed E-state index contributed by atoms with van der Waals surface area (Å²) in [5, 5.41) is 11.7. The zero-order chi connectivity index (χ0) is 9.26. The molecule has 67 valence electrons. The van der Waals surface area contributed by atoms with Crippen molar-refractivity contribution in [1.29, 1.82) is 0 Å². The second-order valence-electron chi connectivity index (χ2n) is 2.80. The van der Waals surface area contributed by atoms with Crippen LogP contribution in [-0.4, -0.2) is 9.78 Å². The molecule has 0 bridgehead atoms. The van der Waals surface area contributed by atoms with Crippen LogP contribution in [0.4, 0.5) is 0 Å². The van der Waals surface area contributed by atoms with Gasteiger partial charge in [-0.15, -0.1) is 10.5 Å². The summed E-state index contributed by atoms with van der Waals surface area (Å²) in [5.74, 6) is 0. The van der Waals surface area contributed by atoms with Gasteiger partial charge in [0, 0.05) is 18.3 Å². The van der Waals surface area contributed by atoms with Crippen molar-refractivity contribution in [1.82, 2.24) is 15.2 Å². The van der Waals surface area contributed by atoms with Gasteiger partial charge in [0.2, 0.25) is 0 Å². The molecule has 2 rings (SSSR count). The number of aromatic nitrogens is 2. The third kappa shape index (κ3) is 1.32. The van der Waals surface area contributed by atoms with E-state index in [1.165, 1.54) is 0 Å². The number of aryl methyl sites for hydroxylation is 2. The van der Waals surface area contributed by atoms with E-state index in [1.54, 1.807) is 6.20 Å². The van der Waals surface area contributed by atoms with Crippen molar-refractivity contribution < 1.29 is 0 Å². The molecular weight excluding hydrogens is 166 g/mol. The predicted molar refractivity (Wildman–Crippen MR) is 47.6 cm³/mol. The average Bonchev–Trinajstić information content (AvgIpc) is 2.72. The molecule has 1 radical (unpaired) electrons. The maximum absolute atomic E-state index is 4.31. The van der Waals surface area contributed by atoms with Crippen LogP contribution >= 0.6 is 0 Å². The molecule has 0 spiro atoms. The van der Waals surface area contributed by atoms with Crippen molar-refractivity contribution >= 4 is 5.70 Å². The molecule has 1 aromatic heterocycles. The van der Waals surface area contributed by atoms with Crippen LogP contribution in [0.5, 0.6) is 0 Å². The quantitative estimate of drug-likeness (QED) is 0.673. The molecule has 0 N–H and O–H groups in total. The lowest BCUT2D eigenvalue weighted by Crippen LogP contribution is -1.93. The lowest BCUT2D eigenvalue weighted by Gasteiger charge is -1.90. The van der Waals surface area contributed by atoms with Crippen LogP contribution in [0.3, 0.4) is 0 Å². The summed E-state index contributed by atoms with van der Waals surface area (Å²) >= 11 is 0. The molecule has 1 aromatic rings. The molecule has 1 aliphatic rings. The monoisotopic (exact) mass is 176 g/mol. The van der Waals surface area contributed by atoms with Gasteiger partial charge in [0.25, 0.3) is 0 Å². The molecule has 5 heteroatoms. The Morgan fingerprint density at radius 2 is 2.31 bits per heavy atom. The predicted octanol–water partition coefficient (Wildman–Crippen LogP) is 1.50. The number of hydrogen-bond acceptors (Lipinski definition) is 3. The van der Waals surface area contributed by atoms with Crippen molar-refractivity contribution in [2.75, 3.05) is 0 Å². The van der Waals surface area contributed by atoms with E-state index in [2.05, 4.69) is 20.9 Å². The molecule has 0 unspecified atom stereocenters. The summed E-state index contributed by atoms with van der Waals surface area (Å²) < 4.78 is 1.87. The number of rotatable bonds is 2. The van der Waals surface area contributed by atoms with Crippen LogP contribution < -0.4 is 5.43 Å². The average molecular weight is 176 g/mol. The molecule has 0 fully saturated rings. The highest BCUT2D eigenvalue weighted by atomic mass is 15.4. The van der Waals surface area contributed by atoms with Gasteiger partial charge in [0.05, 0.1) is 11.9 Å². The van der Waals surface area contributed by atoms with Gasteiger partial charge in [0.1, 0.15) is 5.70 Å². The van der Waals surface area contributed by atoms with Crippen LogP contribution in [0.2, 0.25) is 0 Å². The van der Waals surface area contributed by atoms with Crippen molar-refractivity contribution in [2.24, 2.45) is 10.3 Å². The van der Waals surface area contributed by atoms with Crippen LogP contribution in [0.15, 0.2) is 22.7 Å². The Kier molecular flexibility index (Phi) is 1.84. The third-order valence-electron chi connectivity index (χ3n) is 1.93. The van der Waals surface area contributed by atoms with E-state index in [0.717, 1.165) is 23.5 Å². The molecular formula is C8H10N5. The lowest BCUT2D eigenvalue weighted by atomic mass is 10.2. The van der Waals surface area contributed by atoms with E-state index >= 15 is 0 Å². The zero-order valence-corrected chi connectivity index (χ0v) is 7.60. The smallest absolute Gasteiger partial charge is 0.118 e. The van der Waals surface area contributed by atoms with Crippen LogP contribution in [0, 0.1) is 6.92 Å². The van der Waals surface area contributed by atoms with Gasteiger partial charge in [0.15, 0.2) is 0 Å². The topological polar surface area (TPSA) is 56.6 Å². The Hall–Kier alpha value is -1.65. The molecule has 0 saturated heterocycles. The van der Waals surface area contributed by atoms with Gasteiger partial charge < -0.3 is 0 Å². The van der Waals surface area contributed by atoms with Crippen molar-refractivity contribution in [3.8, 4) is 0 Å². The maximum atomic E-state index is 4.31. The van der Waals surface area contributed by atoms with Crippen LogP contribution in [0.1, 0.15) is 18.2 Å². The first-order valence-corrected chi connectivity index (χ1v) is 4.16. The van der Waals surface area contributed by atoms with Gasteiger partial charge >= 0.3 is 0 Å². The fourth-order valence-electron chi connectivity index (χ4n) is 1.24. The lowest BCUT2D eigenvalue weighted by molar-refractivity contribution is 0.653. The Morgan fingerprint density at radius 3 is 2.85 bits per heavy atom. The Morgan fingerprint density at radius 1 is 1.46 bits per heavy atom. The summed E-state index contributed by atoms with van der Waals surface area (Å²) in [6.07, 6.45) is 3.60. The largest absolute Gasteiger partial charge is 0.272 e. The highest BCUT2D eigenvalue weighted by Gasteiger charge is 2.11. The van der Waals surface area contributed by atoms with E-state index < -0.39 is 0 Å². The Labute approximate surface area is 76.1 Å². The molecule has 5 nitrogen and oxygen atoms in total. The standard InChI is InChI=1S/C8H10N5/c1-3-13-5-7(6(2)11-13)8-4-9-12-10-8/h4-5H,3H2,1-2H3. The minimum Gasteiger partial charge on any atom is -0.272 e. The SMILES string of the molecule is CCn1cc(C2=C[N]N=N2)c(C)n1. The summed E-state index contributed by atoms with van der Waals surface area (Å²) in [6.45, 7) is 4.86. The fraction of sp³-hybridized carbons (Fsp3) is 0.375. The summed E-state index contributed by atoms with van der Waals surface area (Å²) in [5.41, 5.74) is 6.43. The number of nitrogens with zero attached hydrogens (tertiary/aromatic N) is 5. The molecule has 0 aliphatic carbocycles. The van der Waals surface area contributed by atoms with Crippen LogP contribution in [0.25, 0.3) is 5.70 Å². The molecule has 1 aliphatic heterocycles. The highest BCUT2D eigenvalue weighted by Crippen LogP contribution is 2.21. The van der Waals surface area contributed by atoms with E-state index in [4.69, 9.17) is 0 Å². The van der Waals surface area contributed by atoms with Gasteiger partial charge in [-0.3, -0.25) is 4.68 Å². The van der Waals surface area contributed by atoms with Gasteiger partial charge in [-0.1, -0.05) is 0 Å². The minimum atomic E-state index is 0.789. The highest BCUT2D eigenvalue weighted by molar-refractivity contribution is 5.65. The summed E-state index contributed by atoms with van der Waals surface area (Å²) in [4.78, 5) is 0. The Bertz CT molecular complexity index is 374. The van der Waals surface area contributed by atoms with Crippen molar-refractivity contribution in [3.63, 3.8) is 0 Å². The van der Waals surface area contributed by atoms with E-state index in [1.807, 2.05) is 24.7 Å². The first-order valence-electron chi connectivity index (χ1n) is 4.16. The first kappa shape index (κ1) is 7.97. The van der Waals surface area contributed by atoms with Crippen molar-refractivity contribution in [2.45, 2.75) is 20.4 Å². The molecule has 13 heavy (non-hydrogen) atoms. The molecule has 2 heterocycles. The van der Waals surface area contributed by atoms with Crippen LogP contribution in [-0.2, 0) is 6.54 Å². The summed E-state index contributed by atoms with van der Waals surface area (Å²) in [7, 11) is 0. The summed E-state index contributed by atoms with van der Waals surface area (Å²) in [6, 6.07) is 0. The Balaban J connectivity index is 2.39. The maximum Gasteiger partial charge on any atom is 0.118 e. The second kappa shape index (κ2) is 3.01. The first-order chi connectivity index (χ1) is 6.31. The van der Waals surface area contributed by atoms with Gasteiger partial charge in [-0.2, -0.15) is 5.10 Å².